The first-order valence-corrected chi connectivity index (χ1v) is 6.92. The highest BCUT2D eigenvalue weighted by Crippen LogP contribution is 2.33. The summed E-state index contributed by atoms with van der Waals surface area (Å²) in [6.07, 6.45) is 1.07. The number of nitrogens with zero attached hydrogens (tertiary/aromatic N) is 1. The van der Waals surface area contributed by atoms with Gasteiger partial charge in [-0.15, -0.1) is 0 Å². The molecule has 1 aliphatic heterocycles. The van der Waals surface area contributed by atoms with E-state index in [9.17, 15) is 0 Å². The number of benzene rings is 1. The molecule has 1 saturated heterocycles. The van der Waals surface area contributed by atoms with Gasteiger partial charge in [0.2, 0.25) is 0 Å². The van der Waals surface area contributed by atoms with Crippen LogP contribution in [0.4, 0.5) is 0 Å². The molecule has 0 bridgehead atoms. The first-order chi connectivity index (χ1) is 8.76. The first-order valence-electron chi connectivity index (χ1n) is 6.54. The van der Waals surface area contributed by atoms with Crippen LogP contribution in [-0.2, 0) is 0 Å². The van der Waals surface area contributed by atoms with Gasteiger partial charge in [-0.25, -0.2) is 0 Å². The van der Waals surface area contributed by atoms with Crippen molar-refractivity contribution in [3.8, 4) is 5.75 Å². The van der Waals surface area contributed by atoms with E-state index in [0.29, 0.717) is 6.04 Å². The minimum Gasteiger partial charge on any atom is -0.496 e. The molecule has 1 aliphatic rings. The van der Waals surface area contributed by atoms with Crippen LogP contribution < -0.4 is 10.1 Å². The van der Waals surface area contributed by atoms with Crippen LogP contribution in [-0.4, -0.2) is 38.2 Å². The molecule has 0 aliphatic carbocycles. The summed E-state index contributed by atoms with van der Waals surface area (Å²) in [7, 11) is 1.72. The summed E-state index contributed by atoms with van der Waals surface area (Å²) >= 11 is 6.13. The van der Waals surface area contributed by atoms with Crippen molar-refractivity contribution in [3.05, 3.63) is 28.8 Å². The van der Waals surface area contributed by atoms with Crippen LogP contribution in [0.25, 0.3) is 0 Å². The van der Waals surface area contributed by atoms with Gasteiger partial charge < -0.3 is 10.1 Å². The van der Waals surface area contributed by atoms with Crippen LogP contribution in [0.2, 0.25) is 5.02 Å². The number of piperazine rings is 1. The van der Waals surface area contributed by atoms with E-state index in [-0.39, 0.29) is 0 Å². The van der Waals surface area contributed by atoms with Crippen LogP contribution in [0.3, 0.4) is 0 Å². The summed E-state index contributed by atoms with van der Waals surface area (Å²) in [5.41, 5.74) is 1.20. The van der Waals surface area contributed by atoms with Crippen molar-refractivity contribution in [2.24, 2.45) is 0 Å². The maximum absolute atomic E-state index is 6.13. The van der Waals surface area contributed by atoms with E-state index in [4.69, 9.17) is 16.3 Å². The molecule has 1 heterocycles. The van der Waals surface area contributed by atoms with E-state index in [1.54, 1.807) is 7.11 Å². The quantitative estimate of drug-likeness (QED) is 0.909. The highest BCUT2D eigenvalue weighted by atomic mass is 35.5. The van der Waals surface area contributed by atoms with Gasteiger partial charge >= 0.3 is 0 Å². The van der Waals surface area contributed by atoms with E-state index in [2.05, 4.69) is 17.1 Å². The minimum atomic E-state index is 0.390. The third kappa shape index (κ3) is 2.97. The number of hydrogen-bond acceptors (Lipinski definition) is 3. The number of hydrogen-bond donors (Lipinski definition) is 1. The lowest BCUT2D eigenvalue weighted by molar-refractivity contribution is 0.166. The third-order valence-corrected chi connectivity index (χ3v) is 3.76. The number of halogens is 1. The fraction of sp³-hybridized carbons (Fsp3) is 0.571. The highest BCUT2D eigenvalue weighted by molar-refractivity contribution is 6.30. The van der Waals surface area contributed by atoms with Crippen LogP contribution in [0.1, 0.15) is 24.9 Å². The Morgan fingerprint density at radius 3 is 2.72 bits per heavy atom. The molecular weight excluding hydrogens is 248 g/mol. The maximum atomic E-state index is 6.13. The molecule has 1 aromatic carbocycles. The molecule has 1 atom stereocenters. The minimum absolute atomic E-state index is 0.390. The summed E-state index contributed by atoms with van der Waals surface area (Å²) in [4.78, 5) is 2.50. The molecule has 0 spiro atoms. The molecular formula is C14H21ClN2O. The molecule has 3 nitrogen and oxygen atoms in total. The van der Waals surface area contributed by atoms with Gasteiger partial charge in [0.05, 0.1) is 7.11 Å². The lowest BCUT2D eigenvalue weighted by Crippen LogP contribution is -2.45. The smallest absolute Gasteiger partial charge is 0.123 e. The van der Waals surface area contributed by atoms with Gasteiger partial charge in [0.15, 0.2) is 0 Å². The van der Waals surface area contributed by atoms with E-state index < -0.39 is 0 Å². The highest BCUT2D eigenvalue weighted by Gasteiger charge is 2.23. The largest absolute Gasteiger partial charge is 0.496 e. The van der Waals surface area contributed by atoms with Gasteiger partial charge in [0.1, 0.15) is 5.75 Å². The number of methoxy groups -OCH3 is 1. The topological polar surface area (TPSA) is 24.5 Å². The predicted octanol–water partition coefficient (Wildman–Crippen LogP) is 2.70. The summed E-state index contributed by atoms with van der Waals surface area (Å²) in [5.74, 6) is 0.935. The van der Waals surface area contributed by atoms with Crippen molar-refractivity contribution in [2.45, 2.75) is 19.4 Å². The zero-order chi connectivity index (χ0) is 13.0. The number of nitrogens with one attached hydrogen (secondary N) is 1. The Bertz CT molecular complexity index is 391. The monoisotopic (exact) mass is 268 g/mol. The fourth-order valence-corrected chi connectivity index (χ4v) is 2.81. The Kier molecular flexibility index (Phi) is 4.87. The van der Waals surface area contributed by atoms with Crippen LogP contribution in [0.15, 0.2) is 18.2 Å². The number of ether oxygens (including phenoxy) is 1. The molecule has 0 aromatic heterocycles. The number of rotatable bonds is 4. The molecule has 0 saturated carbocycles. The zero-order valence-electron chi connectivity index (χ0n) is 11.1. The van der Waals surface area contributed by atoms with E-state index in [1.807, 2.05) is 18.2 Å². The lowest BCUT2D eigenvalue weighted by Gasteiger charge is -2.35. The summed E-state index contributed by atoms with van der Waals surface area (Å²) < 4.78 is 5.47. The van der Waals surface area contributed by atoms with Gasteiger partial charge in [-0.05, 0) is 24.6 Å². The van der Waals surface area contributed by atoms with Crippen molar-refractivity contribution in [3.63, 3.8) is 0 Å². The molecule has 100 valence electrons. The van der Waals surface area contributed by atoms with Gasteiger partial charge in [-0.1, -0.05) is 18.5 Å². The van der Waals surface area contributed by atoms with Crippen LogP contribution in [0.5, 0.6) is 5.75 Å². The average Bonchev–Trinajstić information content (AvgIpc) is 2.41. The predicted molar refractivity (Wildman–Crippen MR) is 75.5 cm³/mol. The second kappa shape index (κ2) is 6.41. The van der Waals surface area contributed by atoms with Gasteiger partial charge in [0, 0.05) is 42.8 Å². The Labute approximate surface area is 114 Å². The normalized spacial score (nSPS) is 18.6. The van der Waals surface area contributed by atoms with E-state index in [0.717, 1.165) is 43.4 Å². The van der Waals surface area contributed by atoms with Crippen LogP contribution in [0, 0.1) is 0 Å². The Morgan fingerprint density at radius 1 is 1.39 bits per heavy atom. The summed E-state index contributed by atoms with van der Waals surface area (Å²) in [5, 5.41) is 4.16. The van der Waals surface area contributed by atoms with E-state index >= 15 is 0 Å². The molecule has 0 radical (unpaired) electrons. The van der Waals surface area contributed by atoms with Crippen molar-refractivity contribution >= 4 is 11.6 Å². The van der Waals surface area contributed by atoms with Crippen molar-refractivity contribution in [1.82, 2.24) is 10.2 Å². The van der Waals surface area contributed by atoms with E-state index in [1.165, 1.54) is 5.56 Å². The molecule has 4 heteroatoms. The molecule has 1 fully saturated rings. The standard InChI is InChI=1S/C14H21ClN2O/c1-3-13(17-8-6-16-7-9-17)12-10-11(15)4-5-14(12)18-2/h4-5,10,13,16H,3,6-9H2,1-2H3/t13-/m1/s1. The Morgan fingerprint density at radius 2 is 2.11 bits per heavy atom. The van der Waals surface area contributed by atoms with Crippen molar-refractivity contribution < 1.29 is 4.74 Å². The molecule has 2 rings (SSSR count). The lowest BCUT2D eigenvalue weighted by atomic mass is 10.0. The molecule has 0 unspecified atom stereocenters. The summed E-state index contributed by atoms with van der Waals surface area (Å²) in [6.45, 7) is 6.48. The molecule has 18 heavy (non-hydrogen) atoms. The molecule has 0 amide bonds. The summed E-state index contributed by atoms with van der Waals surface area (Å²) in [6, 6.07) is 6.27. The van der Waals surface area contributed by atoms with Crippen LogP contribution >= 0.6 is 11.6 Å². The fourth-order valence-electron chi connectivity index (χ4n) is 2.63. The average molecular weight is 269 g/mol. The second-order valence-electron chi connectivity index (χ2n) is 4.60. The molecule has 1 N–H and O–H groups in total. The third-order valence-electron chi connectivity index (χ3n) is 3.53. The van der Waals surface area contributed by atoms with Gasteiger partial charge in [-0.3, -0.25) is 4.90 Å². The van der Waals surface area contributed by atoms with Crippen molar-refractivity contribution in [1.29, 1.82) is 0 Å². The maximum Gasteiger partial charge on any atom is 0.123 e. The SMILES string of the molecule is CC[C@H](c1cc(Cl)ccc1OC)N1CCNCC1. The van der Waals surface area contributed by atoms with Crippen molar-refractivity contribution in [2.75, 3.05) is 33.3 Å². The molecule has 1 aromatic rings. The second-order valence-corrected chi connectivity index (χ2v) is 5.03. The van der Waals surface area contributed by atoms with Gasteiger partial charge in [-0.2, -0.15) is 0 Å². The Hall–Kier alpha value is -0.770. The Balaban J connectivity index is 2.27. The zero-order valence-corrected chi connectivity index (χ0v) is 11.8. The first kappa shape index (κ1) is 13.7. The van der Waals surface area contributed by atoms with Gasteiger partial charge in [0.25, 0.3) is 0 Å².